The zero-order valence-corrected chi connectivity index (χ0v) is 12.4. The summed E-state index contributed by atoms with van der Waals surface area (Å²) in [6, 6.07) is 8.84. The molecule has 21 heavy (non-hydrogen) atoms. The van der Waals surface area contributed by atoms with Crippen LogP contribution in [-0.2, 0) is 0 Å². The zero-order chi connectivity index (χ0) is 14.8. The molecule has 1 aliphatic rings. The summed E-state index contributed by atoms with van der Waals surface area (Å²) in [5, 5.41) is 4.94. The fourth-order valence-corrected chi connectivity index (χ4v) is 2.76. The van der Waals surface area contributed by atoms with E-state index in [0.29, 0.717) is 16.5 Å². The van der Waals surface area contributed by atoms with Crippen LogP contribution in [0.1, 0.15) is 29.8 Å². The Morgan fingerprint density at radius 3 is 2.67 bits per heavy atom. The van der Waals surface area contributed by atoms with Gasteiger partial charge in [-0.1, -0.05) is 17.7 Å². The van der Waals surface area contributed by atoms with Crippen molar-refractivity contribution in [3.05, 3.63) is 41.0 Å². The summed E-state index contributed by atoms with van der Waals surface area (Å²) in [5.74, 6) is 0.375. The minimum atomic E-state index is -0.0535. The van der Waals surface area contributed by atoms with Crippen LogP contribution in [0.15, 0.2) is 30.3 Å². The molecule has 110 valence electrons. The first-order valence-electron chi connectivity index (χ1n) is 7.06. The second-order valence-electron chi connectivity index (χ2n) is 5.20. The van der Waals surface area contributed by atoms with Crippen LogP contribution < -0.4 is 5.73 Å². The molecule has 0 unspecified atom stereocenters. The molecule has 5 nitrogen and oxygen atoms in total. The van der Waals surface area contributed by atoms with Gasteiger partial charge in [-0.25, -0.2) is 4.68 Å². The Morgan fingerprint density at radius 1 is 1.19 bits per heavy atom. The van der Waals surface area contributed by atoms with Gasteiger partial charge in [-0.3, -0.25) is 4.79 Å². The number of carbonyl (C=O) groups excluding carboxylic acids is 1. The van der Waals surface area contributed by atoms with Crippen LogP contribution in [0.25, 0.3) is 5.69 Å². The van der Waals surface area contributed by atoms with Gasteiger partial charge in [0.25, 0.3) is 5.91 Å². The topological polar surface area (TPSA) is 64.2 Å². The second kappa shape index (κ2) is 5.77. The summed E-state index contributed by atoms with van der Waals surface area (Å²) >= 11 is 5.98. The van der Waals surface area contributed by atoms with E-state index < -0.39 is 0 Å². The number of aromatic nitrogens is 2. The molecule has 2 N–H and O–H groups in total. The first kappa shape index (κ1) is 13.9. The number of benzene rings is 1. The largest absolute Gasteiger partial charge is 0.384 e. The molecule has 6 heteroatoms. The SMILES string of the molecule is Nc1cc(C(=O)N2CCCCC2)nn1-c1cccc(Cl)c1. The van der Waals surface area contributed by atoms with Gasteiger partial charge in [0.05, 0.1) is 5.69 Å². The molecule has 0 aliphatic carbocycles. The van der Waals surface area contributed by atoms with E-state index in [2.05, 4.69) is 5.10 Å². The maximum atomic E-state index is 12.4. The number of rotatable bonds is 2. The molecule has 2 aromatic rings. The third-order valence-corrected chi connectivity index (χ3v) is 3.89. The number of amides is 1. The molecule has 0 spiro atoms. The Kier molecular flexibility index (Phi) is 3.84. The van der Waals surface area contributed by atoms with Crippen LogP contribution in [0.4, 0.5) is 5.82 Å². The fourth-order valence-electron chi connectivity index (χ4n) is 2.57. The van der Waals surface area contributed by atoms with E-state index in [4.69, 9.17) is 17.3 Å². The van der Waals surface area contributed by atoms with Crippen molar-refractivity contribution in [3.63, 3.8) is 0 Å². The molecular formula is C15H17ClN4O. The molecule has 1 saturated heterocycles. The molecular weight excluding hydrogens is 288 g/mol. The molecule has 1 fully saturated rings. The van der Waals surface area contributed by atoms with Gasteiger partial charge in [-0.15, -0.1) is 0 Å². The smallest absolute Gasteiger partial charge is 0.274 e. The monoisotopic (exact) mass is 304 g/mol. The third-order valence-electron chi connectivity index (χ3n) is 3.65. The van der Waals surface area contributed by atoms with E-state index in [9.17, 15) is 4.79 Å². The Bertz CT molecular complexity index is 661. The summed E-state index contributed by atoms with van der Waals surface area (Å²) in [5.41, 5.74) is 7.11. The van der Waals surface area contributed by atoms with E-state index in [1.807, 2.05) is 17.0 Å². The van der Waals surface area contributed by atoms with Gasteiger partial charge in [0.15, 0.2) is 5.69 Å². The van der Waals surface area contributed by atoms with Crippen molar-refractivity contribution < 1.29 is 4.79 Å². The van der Waals surface area contributed by atoms with E-state index >= 15 is 0 Å². The predicted octanol–water partition coefficient (Wildman–Crippen LogP) is 2.73. The third kappa shape index (κ3) is 2.88. The summed E-state index contributed by atoms with van der Waals surface area (Å²) in [6.45, 7) is 1.59. The van der Waals surface area contributed by atoms with E-state index in [1.165, 1.54) is 6.42 Å². The number of carbonyl (C=O) groups is 1. The van der Waals surface area contributed by atoms with Crippen molar-refractivity contribution in [1.82, 2.24) is 14.7 Å². The van der Waals surface area contributed by atoms with Gasteiger partial charge >= 0.3 is 0 Å². The lowest BCUT2D eigenvalue weighted by Gasteiger charge is -2.25. The molecule has 1 aromatic carbocycles. The summed E-state index contributed by atoms with van der Waals surface area (Å²) < 4.78 is 1.54. The number of halogens is 1. The Morgan fingerprint density at radius 2 is 1.95 bits per heavy atom. The minimum Gasteiger partial charge on any atom is -0.384 e. The minimum absolute atomic E-state index is 0.0535. The highest BCUT2D eigenvalue weighted by atomic mass is 35.5. The average molecular weight is 305 g/mol. The Hall–Kier alpha value is -2.01. The number of likely N-dealkylation sites (tertiary alicyclic amines) is 1. The standard InChI is InChI=1S/C15H17ClN4O/c16-11-5-4-6-12(9-11)20-14(17)10-13(18-20)15(21)19-7-2-1-3-8-19/h4-6,9-10H,1-3,7-8,17H2. The molecule has 0 saturated carbocycles. The molecule has 0 bridgehead atoms. The van der Waals surface area contributed by atoms with Crippen LogP contribution in [0.5, 0.6) is 0 Å². The lowest BCUT2D eigenvalue weighted by molar-refractivity contribution is 0.0718. The molecule has 1 amide bonds. The highest BCUT2D eigenvalue weighted by Crippen LogP contribution is 2.20. The van der Waals surface area contributed by atoms with Crippen LogP contribution in [0.3, 0.4) is 0 Å². The van der Waals surface area contributed by atoms with Crippen LogP contribution in [0, 0.1) is 0 Å². The highest BCUT2D eigenvalue weighted by molar-refractivity contribution is 6.30. The number of nitrogens with two attached hydrogens (primary N) is 1. The van der Waals surface area contributed by atoms with Gasteiger partial charge in [0.1, 0.15) is 5.82 Å². The summed E-state index contributed by atoms with van der Waals surface area (Å²) in [6.07, 6.45) is 3.29. The zero-order valence-electron chi connectivity index (χ0n) is 11.6. The number of nitrogens with zero attached hydrogens (tertiary/aromatic N) is 3. The van der Waals surface area contributed by atoms with Crippen molar-refractivity contribution in [2.75, 3.05) is 18.8 Å². The molecule has 1 aliphatic heterocycles. The number of hydrogen-bond donors (Lipinski definition) is 1. The number of anilines is 1. The lowest BCUT2D eigenvalue weighted by atomic mass is 10.1. The predicted molar refractivity (Wildman–Crippen MR) is 82.7 cm³/mol. The number of hydrogen-bond acceptors (Lipinski definition) is 3. The van der Waals surface area contributed by atoms with Crippen LogP contribution >= 0.6 is 11.6 Å². The van der Waals surface area contributed by atoms with Crippen molar-refractivity contribution >= 4 is 23.3 Å². The highest BCUT2D eigenvalue weighted by Gasteiger charge is 2.21. The van der Waals surface area contributed by atoms with Gasteiger partial charge in [0.2, 0.25) is 0 Å². The second-order valence-corrected chi connectivity index (χ2v) is 5.64. The average Bonchev–Trinajstić information content (AvgIpc) is 2.89. The van der Waals surface area contributed by atoms with Crippen molar-refractivity contribution in [3.8, 4) is 5.69 Å². The van der Waals surface area contributed by atoms with Crippen LogP contribution in [-0.4, -0.2) is 33.7 Å². The molecule has 0 atom stereocenters. The maximum Gasteiger partial charge on any atom is 0.274 e. The van der Waals surface area contributed by atoms with Crippen molar-refractivity contribution in [1.29, 1.82) is 0 Å². The molecule has 0 radical (unpaired) electrons. The first-order valence-corrected chi connectivity index (χ1v) is 7.44. The summed E-state index contributed by atoms with van der Waals surface area (Å²) in [4.78, 5) is 14.3. The van der Waals surface area contributed by atoms with Gasteiger partial charge in [-0.2, -0.15) is 5.10 Å². The Balaban J connectivity index is 1.88. The molecule has 1 aromatic heterocycles. The number of piperidine rings is 1. The first-order chi connectivity index (χ1) is 10.1. The van der Waals surface area contributed by atoms with Crippen molar-refractivity contribution in [2.24, 2.45) is 0 Å². The van der Waals surface area contributed by atoms with E-state index in [1.54, 1.807) is 22.9 Å². The van der Waals surface area contributed by atoms with Gasteiger partial charge < -0.3 is 10.6 Å². The van der Waals surface area contributed by atoms with Gasteiger partial charge in [0, 0.05) is 24.2 Å². The van der Waals surface area contributed by atoms with E-state index in [-0.39, 0.29) is 5.91 Å². The van der Waals surface area contributed by atoms with E-state index in [0.717, 1.165) is 31.6 Å². The Labute approximate surface area is 128 Å². The van der Waals surface area contributed by atoms with Crippen molar-refractivity contribution in [2.45, 2.75) is 19.3 Å². The van der Waals surface area contributed by atoms with Gasteiger partial charge in [-0.05, 0) is 37.5 Å². The molecule has 2 heterocycles. The normalized spacial score (nSPS) is 15.2. The number of nitrogen functional groups attached to an aromatic ring is 1. The van der Waals surface area contributed by atoms with Crippen LogP contribution in [0.2, 0.25) is 5.02 Å². The fraction of sp³-hybridized carbons (Fsp3) is 0.333. The summed E-state index contributed by atoms with van der Waals surface area (Å²) in [7, 11) is 0. The maximum absolute atomic E-state index is 12.4. The lowest BCUT2D eigenvalue weighted by Crippen LogP contribution is -2.35. The quantitative estimate of drug-likeness (QED) is 0.928. The molecule has 3 rings (SSSR count).